The van der Waals surface area contributed by atoms with Crippen LogP contribution in [0, 0.1) is 6.92 Å². The van der Waals surface area contributed by atoms with Crippen molar-refractivity contribution >= 4 is 22.7 Å². The molecule has 0 bridgehead atoms. The molecule has 1 aliphatic carbocycles. The molecule has 0 heterocycles. The van der Waals surface area contributed by atoms with Gasteiger partial charge < -0.3 is 22.9 Å². The van der Waals surface area contributed by atoms with E-state index in [1.807, 2.05) is 18.2 Å². The van der Waals surface area contributed by atoms with Gasteiger partial charge in [-0.2, -0.15) is 0 Å². The molecule has 0 atom stereocenters. The monoisotopic (exact) mass is 446 g/mol. The highest BCUT2D eigenvalue weighted by Crippen LogP contribution is 2.40. The maximum Gasteiger partial charge on any atom is 0.205 e. The second-order valence-corrected chi connectivity index (χ2v) is 8.76. The molecule has 176 valence electrons. The van der Waals surface area contributed by atoms with Gasteiger partial charge in [0.05, 0.1) is 0 Å². The molecule has 0 unspecified atom stereocenters. The average Bonchev–Trinajstić information content (AvgIpc) is 2.78. The lowest BCUT2D eigenvalue weighted by atomic mass is 9.77. The summed E-state index contributed by atoms with van der Waals surface area (Å²) in [4.78, 5) is 0. The molecular weight excluding hydrogens is 406 g/mol. The summed E-state index contributed by atoms with van der Waals surface area (Å²) < 4.78 is 2.21. The highest BCUT2D eigenvalue weighted by molar-refractivity contribution is 6.13. The zero-order valence-corrected chi connectivity index (χ0v) is 21.2. The van der Waals surface area contributed by atoms with E-state index in [4.69, 9.17) is 22.9 Å². The fraction of sp³-hybridized carbons (Fsp3) is 0.321. The van der Waals surface area contributed by atoms with Gasteiger partial charge in [-0.25, -0.2) is 4.58 Å². The summed E-state index contributed by atoms with van der Waals surface area (Å²) in [6, 6.07) is 14.5. The Hall–Kier alpha value is -3.15. The first-order valence-electron chi connectivity index (χ1n) is 11.3. The van der Waals surface area contributed by atoms with Crippen molar-refractivity contribution < 1.29 is 4.58 Å². The van der Waals surface area contributed by atoms with Crippen molar-refractivity contribution in [2.24, 2.45) is 11.5 Å². The van der Waals surface area contributed by atoms with Crippen LogP contribution in [0.1, 0.15) is 44.4 Å². The van der Waals surface area contributed by atoms with Crippen LogP contribution in [0.5, 0.6) is 0 Å². The fourth-order valence-electron chi connectivity index (χ4n) is 4.27. The molecule has 0 aliphatic heterocycles. The number of anilines is 2. The van der Waals surface area contributed by atoms with Gasteiger partial charge in [0.1, 0.15) is 14.1 Å². The van der Waals surface area contributed by atoms with Crippen molar-refractivity contribution in [3.63, 3.8) is 0 Å². The second kappa shape index (κ2) is 11.1. The summed E-state index contributed by atoms with van der Waals surface area (Å²) in [5, 5.41) is 0. The Labute approximate surface area is 199 Å². The number of nitrogen functional groups attached to an aromatic ring is 2. The van der Waals surface area contributed by atoms with Gasteiger partial charge in [-0.05, 0) is 97.9 Å². The maximum atomic E-state index is 6.12. The molecule has 0 radical (unpaired) electrons. The third-order valence-electron chi connectivity index (χ3n) is 6.21. The van der Waals surface area contributed by atoms with E-state index in [-0.39, 0.29) is 0 Å². The summed E-state index contributed by atoms with van der Waals surface area (Å²) >= 11 is 0. The van der Waals surface area contributed by atoms with E-state index in [1.54, 1.807) is 0 Å². The van der Waals surface area contributed by atoms with Crippen LogP contribution in [0.25, 0.3) is 5.57 Å². The van der Waals surface area contributed by atoms with E-state index in [0.29, 0.717) is 13.1 Å². The standard InChI is InChI=1S/C26H31N3.C2H8N2/c1-15-14-21(10-13-23(15)28)25(20-8-11-22(27)12-9-20)24-16(2)18(4)26(29(6)7)19(5)17(24)3;3-1-2-4/h8-14H,1-7H3,(H3,27,28);1-4H2/p+1. The van der Waals surface area contributed by atoms with Crippen molar-refractivity contribution in [1.82, 2.24) is 0 Å². The second-order valence-electron chi connectivity index (χ2n) is 8.76. The molecule has 0 saturated carbocycles. The minimum absolute atomic E-state index is 0.597. The lowest BCUT2D eigenvalue weighted by Crippen LogP contribution is -2.22. The zero-order valence-electron chi connectivity index (χ0n) is 21.2. The number of rotatable bonds is 3. The Morgan fingerprint density at radius 2 is 1.18 bits per heavy atom. The predicted octanol–water partition coefficient (Wildman–Crippen LogP) is 4.26. The Morgan fingerprint density at radius 1 is 0.697 bits per heavy atom. The molecule has 2 aromatic carbocycles. The maximum absolute atomic E-state index is 6.12. The minimum atomic E-state index is 0.597. The summed E-state index contributed by atoms with van der Waals surface area (Å²) in [6.07, 6.45) is 0. The fourth-order valence-corrected chi connectivity index (χ4v) is 4.27. The van der Waals surface area contributed by atoms with Gasteiger partial charge in [0.2, 0.25) is 5.71 Å². The topological polar surface area (TPSA) is 107 Å². The molecule has 0 fully saturated rings. The number of hydrogen-bond acceptors (Lipinski definition) is 4. The molecule has 5 nitrogen and oxygen atoms in total. The summed E-state index contributed by atoms with van der Waals surface area (Å²) in [5.74, 6) is 0. The Bertz CT molecular complexity index is 1110. The summed E-state index contributed by atoms with van der Waals surface area (Å²) in [7, 11) is 4.23. The van der Waals surface area contributed by atoms with Gasteiger partial charge in [0.25, 0.3) is 0 Å². The lowest BCUT2D eigenvalue weighted by Gasteiger charge is -2.26. The quantitative estimate of drug-likeness (QED) is 0.417. The van der Waals surface area contributed by atoms with Crippen LogP contribution in [-0.4, -0.2) is 37.5 Å². The van der Waals surface area contributed by atoms with Crippen molar-refractivity contribution in [2.75, 3.05) is 38.7 Å². The zero-order chi connectivity index (χ0) is 24.9. The Morgan fingerprint density at radius 3 is 1.61 bits per heavy atom. The molecule has 8 N–H and O–H groups in total. The average molecular weight is 447 g/mol. The minimum Gasteiger partial charge on any atom is -0.399 e. The van der Waals surface area contributed by atoms with Crippen LogP contribution >= 0.6 is 0 Å². The Kier molecular flexibility index (Phi) is 8.80. The lowest BCUT2D eigenvalue weighted by molar-refractivity contribution is -0.463. The Balaban J connectivity index is 0.000000890. The van der Waals surface area contributed by atoms with E-state index < -0.39 is 0 Å². The van der Waals surface area contributed by atoms with E-state index in [2.05, 4.69) is 77.6 Å². The van der Waals surface area contributed by atoms with Gasteiger partial charge in [-0.15, -0.1) is 0 Å². The van der Waals surface area contributed by atoms with Crippen LogP contribution in [-0.2, 0) is 0 Å². The number of nitrogens with zero attached hydrogens (tertiary/aromatic N) is 1. The predicted molar refractivity (Wildman–Crippen MR) is 144 cm³/mol. The van der Waals surface area contributed by atoms with Crippen LogP contribution in [0.15, 0.2) is 70.3 Å². The summed E-state index contributed by atoms with van der Waals surface area (Å²) in [6.45, 7) is 12.1. The molecule has 5 heteroatoms. The number of benzene rings is 2. The van der Waals surface area contributed by atoms with E-state index in [9.17, 15) is 0 Å². The SMILES string of the molecule is CC1=C(C)C(=[N+](C)C)C(C)=C(C)C1=C(c1ccc(N)cc1)c1ccc(N)c(C)c1.NCCN. The van der Waals surface area contributed by atoms with Crippen molar-refractivity contribution in [1.29, 1.82) is 0 Å². The van der Waals surface area contributed by atoms with Crippen LogP contribution < -0.4 is 22.9 Å². The molecule has 0 amide bonds. The summed E-state index contributed by atoms with van der Waals surface area (Å²) in [5.41, 5.74) is 35.9. The first-order chi connectivity index (χ1) is 15.5. The third kappa shape index (κ3) is 5.62. The number of allylic oxidation sites excluding steroid dienone is 5. The molecular formula is C28H40N5+. The van der Waals surface area contributed by atoms with Crippen LogP contribution in [0.3, 0.4) is 0 Å². The van der Waals surface area contributed by atoms with Gasteiger partial charge in [0, 0.05) is 35.6 Å². The van der Waals surface area contributed by atoms with Gasteiger partial charge >= 0.3 is 0 Å². The molecule has 0 saturated heterocycles. The molecule has 0 aromatic heterocycles. The highest BCUT2D eigenvalue weighted by Gasteiger charge is 2.28. The van der Waals surface area contributed by atoms with E-state index in [1.165, 1.54) is 44.7 Å². The van der Waals surface area contributed by atoms with Gasteiger partial charge in [-0.1, -0.05) is 18.2 Å². The molecule has 2 aromatic rings. The third-order valence-corrected chi connectivity index (χ3v) is 6.21. The molecule has 0 spiro atoms. The van der Waals surface area contributed by atoms with E-state index in [0.717, 1.165) is 22.5 Å². The van der Waals surface area contributed by atoms with Crippen LogP contribution in [0.2, 0.25) is 0 Å². The number of hydrogen-bond donors (Lipinski definition) is 4. The largest absolute Gasteiger partial charge is 0.399 e. The first-order valence-corrected chi connectivity index (χ1v) is 11.3. The first kappa shape index (κ1) is 26.1. The highest BCUT2D eigenvalue weighted by atomic mass is 14.9. The van der Waals surface area contributed by atoms with Crippen molar-refractivity contribution in [3.05, 3.63) is 87.0 Å². The smallest absolute Gasteiger partial charge is 0.205 e. The number of nitrogens with two attached hydrogens (primary N) is 4. The number of aryl methyl sites for hydroxylation is 1. The van der Waals surface area contributed by atoms with Gasteiger partial charge in [0.15, 0.2) is 0 Å². The molecule has 33 heavy (non-hydrogen) atoms. The van der Waals surface area contributed by atoms with Crippen molar-refractivity contribution in [2.45, 2.75) is 34.6 Å². The van der Waals surface area contributed by atoms with E-state index >= 15 is 0 Å². The van der Waals surface area contributed by atoms with Crippen LogP contribution in [0.4, 0.5) is 11.4 Å². The van der Waals surface area contributed by atoms with Gasteiger partial charge in [-0.3, -0.25) is 0 Å². The molecule has 1 aliphatic rings. The normalized spacial score (nSPS) is 13.7. The molecule has 3 rings (SSSR count). The van der Waals surface area contributed by atoms with Crippen molar-refractivity contribution in [3.8, 4) is 0 Å².